The van der Waals surface area contributed by atoms with E-state index >= 15 is 0 Å². The third-order valence-electron chi connectivity index (χ3n) is 6.74. The summed E-state index contributed by atoms with van der Waals surface area (Å²) >= 11 is 0. The summed E-state index contributed by atoms with van der Waals surface area (Å²) < 4.78 is 2.00. The fraction of sp³-hybridized carbons (Fsp3) is 0.682. The molecule has 1 N–H and O–H groups in total. The molecule has 4 rings (SSSR count). The van der Waals surface area contributed by atoms with Crippen LogP contribution in [-0.4, -0.2) is 26.0 Å². The summed E-state index contributed by atoms with van der Waals surface area (Å²) in [6.45, 7) is 8.28. The minimum atomic E-state index is -0.152. The number of pyridine rings is 1. The number of fused-ring (bicyclic) bond motifs is 2. The van der Waals surface area contributed by atoms with Crippen molar-refractivity contribution in [1.29, 1.82) is 0 Å². The Balaban J connectivity index is 1.43. The van der Waals surface area contributed by atoms with E-state index in [1.807, 2.05) is 24.1 Å². The molecule has 2 aromatic heterocycles. The van der Waals surface area contributed by atoms with Crippen molar-refractivity contribution < 1.29 is 4.79 Å². The first-order valence-corrected chi connectivity index (χ1v) is 10.3. The number of hydrogen-bond donors (Lipinski definition) is 1. The largest absolute Gasteiger partial charge is 0.351 e. The summed E-state index contributed by atoms with van der Waals surface area (Å²) in [7, 11) is 2.00. The summed E-state index contributed by atoms with van der Waals surface area (Å²) in [5.74, 6) is 2.93. The van der Waals surface area contributed by atoms with E-state index < -0.39 is 0 Å². The number of hydrogen-bond acceptors (Lipinski definition) is 3. The van der Waals surface area contributed by atoms with Crippen LogP contribution < -0.4 is 5.32 Å². The molecule has 146 valence electrons. The van der Waals surface area contributed by atoms with Crippen LogP contribution in [0, 0.1) is 23.7 Å². The second-order valence-corrected chi connectivity index (χ2v) is 9.88. The molecular formula is C22H32N4O. The van der Waals surface area contributed by atoms with Gasteiger partial charge in [0, 0.05) is 24.7 Å². The van der Waals surface area contributed by atoms with Crippen LogP contribution in [0.3, 0.4) is 0 Å². The summed E-state index contributed by atoms with van der Waals surface area (Å²) in [5.41, 5.74) is 3.26. The van der Waals surface area contributed by atoms with Crippen molar-refractivity contribution in [3.8, 4) is 0 Å². The molecule has 5 heteroatoms. The Hall–Kier alpha value is -1.91. The third-order valence-corrected chi connectivity index (χ3v) is 6.74. The molecule has 5 atom stereocenters. The number of amides is 1. The van der Waals surface area contributed by atoms with Gasteiger partial charge in [-0.3, -0.25) is 4.79 Å². The number of aryl methyl sites for hydroxylation is 1. The quantitative estimate of drug-likeness (QED) is 0.889. The van der Waals surface area contributed by atoms with Gasteiger partial charge in [0.15, 0.2) is 5.65 Å². The smallest absolute Gasteiger partial charge is 0.223 e. The van der Waals surface area contributed by atoms with Crippen molar-refractivity contribution in [3.05, 3.63) is 24.2 Å². The molecule has 3 unspecified atom stereocenters. The molecule has 27 heavy (non-hydrogen) atoms. The van der Waals surface area contributed by atoms with E-state index in [-0.39, 0.29) is 17.4 Å². The molecular weight excluding hydrogens is 336 g/mol. The third kappa shape index (κ3) is 3.48. The average molecular weight is 369 g/mol. The van der Waals surface area contributed by atoms with Crippen LogP contribution in [-0.2, 0) is 11.8 Å². The van der Waals surface area contributed by atoms with Gasteiger partial charge in [0.05, 0.1) is 6.33 Å². The molecule has 0 aromatic carbocycles. The fourth-order valence-electron chi connectivity index (χ4n) is 5.40. The molecule has 5 nitrogen and oxygen atoms in total. The molecule has 0 spiro atoms. The first kappa shape index (κ1) is 18.5. The molecule has 2 heterocycles. The van der Waals surface area contributed by atoms with Gasteiger partial charge < -0.3 is 9.88 Å². The highest BCUT2D eigenvalue weighted by molar-refractivity contribution is 5.79. The monoisotopic (exact) mass is 368 g/mol. The number of aromatic nitrogens is 3. The van der Waals surface area contributed by atoms with E-state index in [0.29, 0.717) is 11.8 Å². The maximum atomic E-state index is 12.6. The van der Waals surface area contributed by atoms with Crippen LogP contribution in [0.5, 0.6) is 0 Å². The lowest BCUT2D eigenvalue weighted by Crippen LogP contribution is -2.44. The number of imidazole rings is 1. The van der Waals surface area contributed by atoms with Gasteiger partial charge in [-0.25, -0.2) is 9.97 Å². The van der Waals surface area contributed by atoms with Gasteiger partial charge in [0.2, 0.25) is 5.91 Å². The first-order valence-electron chi connectivity index (χ1n) is 10.3. The van der Waals surface area contributed by atoms with Crippen molar-refractivity contribution in [2.45, 2.75) is 64.8 Å². The van der Waals surface area contributed by atoms with Crippen LogP contribution in [0.15, 0.2) is 18.6 Å². The molecule has 0 aliphatic heterocycles. The van der Waals surface area contributed by atoms with Gasteiger partial charge in [-0.2, -0.15) is 0 Å². The number of nitrogens with zero attached hydrogens (tertiary/aromatic N) is 3. The van der Waals surface area contributed by atoms with Crippen LogP contribution in [0.1, 0.15) is 64.9 Å². The molecule has 2 aliphatic rings. The second-order valence-electron chi connectivity index (χ2n) is 9.88. The van der Waals surface area contributed by atoms with E-state index in [0.717, 1.165) is 23.0 Å². The standard InChI is InChI=1S/C22H32N4O/c1-13(21(27)25-22(2,3)4)14-8-15-10-17(11-16(15)9-14)18-6-7-23-20-19(18)24-12-26(20)5/h6-7,12-17H,8-11H2,1-5H3,(H,25,27)/t13?,14?,15-,16+,17?. The van der Waals surface area contributed by atoms with Crippen LogP contribution in [0.25, 0.3) is 11.2 Å². The molecule has 0 saturated heterocycles. The minimum Gasteiger partial charge on any atom is -0.351 e. The van der Waals surface area contributed by atoms with E-state index in [1.54, 1.807) is 0 Å². The maximum absolute atomic E-state index is 12.6. The zero-order valence-electron chi connectivity index (χ0n) is 17.2. The first-order chi connectivity index (χ1) is 12.7. The maximum Gasteiger partial charge on any atom is 0.223 e. The summed E-state index contributed by atoms with van der Waals surface area (Å²) in [5, 5.41) is 3.16. The predicted molar refractivity (Wildman–Crippen MR) is 107 cm³/mol. The van der Waals surface area contributed by atoms with Crippen molar-refractivity contribution in [2.75, 3.05) is 0 Å². The Morgan fingerprint density at radius 3 is 2.48 bits per heavy atom. The highest BCUT2D eigenvalue weighted by atomic mass is 16.2. The molecule has 1 amide bonds. The predicted octanol–water partition coefficient (Wildman–Crippen LogP) is 4.04. The number of carbonyl (C=O) groups excluding carboxylic acids is 1. The van der Waals surface area contributed by atoms with E-state index in [2.05, 4.69) is 49.0 Å². The second kappa shape index (κ2) is 6.61. The van der Waals surface area contributed by atoms with Crippen LogP contribution >= 0.6 is 0 Å². The van der Waals surface area contributed by atoms with Crippen molar-refractivity contribution in [2.24, 2.45) is 30.7 Å². The minimum absolute atomic E-state index is 0.108. The highest BCUT2D eigenvalue weighted by Crippen LogP contribution is 2.54. The van der Waals surface area contributed by atoms with Gasteiger partial charge in [0.1, 0.15) is 5.52 Å². The molecule has 2 aliphatic carbocycles. The van der Waals surface area contributed by atoms with E-state index in [9.17, 15) is 4.79 Å². The van der Waals surface area contributed by atoms with Crippen molar-refractivity contribution in [1.82, 2.24) is 19.9 Å². The average Bonchev–Trinajstić information content (AvgIpc) is 3.25. The summed E-state index contributed by atoms with van der Waals surface area (Å²) in [6, 6.07) is 2.16. The van der Waals surface area contributed by atoms with Gasteiger partial charge in [0.25, 0.3) is 0 Å². The Morgan fingerprint density at radius 1 is 1.19 bits per heavy atom. The van der Waals surface area contributed by atoms with Crippen LogP contribution in [0.2, 0.25) is 0 Å². The van der Waals surface area contributed by atoms with E-state index in [1.165, 1.54) is 31.2 Å². The van der Waals surface area contributed by atoms with Gasteiger partial charge in [-0.05, 0) is 81.8 Å². The molecule has 0 bridgehead atoms. The van der Waals surface area contributed by atoms with Gasteiger partial charge in [-0.1, -0.05) is 6.92 Å². The SMILES string of the molecule is CC(C(=O)NC(C)(C)C)C1C[C@H]2CC(c3ccnc4c3ncn4C)C[C@H]2C1. The number of rotatable bonds is 3. The summed E-state index contributed by atoms with van der Waals surface area (Å²) in [4.78, 5) is 21.7. The lowest BCUT2D eigenvalue weighted by atomic mass is 9.86. The number of nitrogens with one attached hydrogen (secondary N) is 1. The molecule has 2 aromatic rings. The Morgan fingerprint density at radius 2 is 1.85 bits per heavy atom. The Kier molecular flexibility index (Phi) is 4.52. The fourth-order valence-corrected chi connectivity index (χ4v) is 5.40. The van der Waals surface area contributed by atoms with E-state index in [4.69, 9.17) is 0 Å². The lowest BCUT2D eigenvalue weighted by molar-refractivity contribution is -0.127. The zero-order valence-corrected chi connectivity index (χ0v) is 17.2. The molecule has 2 saturated carbocycles. The topological polar surface area (TPSA) is 59.8 Å². The van der Waals surface area contributed by atoms with Crippen LogP contribution in [0.4, 0.5) is 0 Å². The van der Waals surface area contributed by atoms with Gasteiger partial charge >= 0.3 is 0 Å². The Labute approximate surface area is 162 Å². The Bertz CT molecular complexity index is 836. The highest BCUT2D eigenvalue weighted by Gasteiger charge is 2.45. The normalized spacial score (nSPS) is 29.1. The van der Waals surface area contributed by atoms with Crippen molar-refractivity contribution >= 4 is 17.1 Å². The van der Waals surface area contributed by atoms with Gasteiger partial charge in [-0.15, -0.1) is 0 Å². The number of carbonyl (C=O) groups is 1. The lowest BCUT2D eigenvalue weighted by Gasteiger charge is -2.26. The molecule has 0 radical (unpaired) electrons. The molecule has 2 fully saturated rings. The zero-order chi connectivity index (χ0) is 19.3. The van der Waals surface area contributed by atoms with Crippen molar-refractivity contribution in [3.63, 3.8) is 0 Å². The summed E-state index contributed by atoms with van der Waals surface area (Å²) in [6.07, 6.45) is 8.62.